The molecule has 38 heavy (non-hydrogen) atoms. The molecule has 206 valence electrons. The van der Waals surface area contributed by atoms with Gasteiger partial charge in [0.05, 0.1) is 24.3 Å². The minimum Gasteiger partial charge on any atom is -0.491 e. The first kappa shape index (κ1) is 29.1. The van der Waals surface area contributed by atoms with Crippen LogP contribution in [-0.2, 0) is 9.53 Å². The van der Waals surface area contributed by atoms with Crippen molar-refractivity contribution in [1.82, 2.24) is 14.7 Å². The molecule has 0 saturated carbocycles. The lowest BCUT2D eigenvalue weighted by Gasteiger charge is -2.36. The van der Waals surface area contributed by atoms with E-state index in [0.717, 1.165) is 0 Å². The summed E-state index contributed by atoms with van der Waals surface area (Å²) >= 11 is 0. The molecule has 1 aliphatic heterocycles. The Bertz CT molecular complexity index is 1140. The van der Waals surface area contributed by atoms with Crippen LogP contribution in [0.5, 0.6) is 5.75 Å². The SMILES string of the molecule is CO[C@H]1CN(C)C(=O)c2cc(NC(=O)c3ccc(F)cc3)ccc2OC[C@@H](C)N(C(=O)CN(C)C)C[C@@H]1C. The first-order valence-corrected chi connectivity index (χ1v) is 12.6. The van der Waals surface area contributed by atoms with Gasteiger partial charge >= 0.3 is 0 Å². The Balaban J connectivity index is 1.93. The molecule has 2 aromatic rings. The van der Waals surface area contributed by atoms with Crippen molar-refractivity contribution in [1.29, 1.82) is 0 Å². The van der Waals surface area contributed by atoms with Gasteiger partial charge in [-0.3, -0.25) is 14.4 Å². The number of carbonyl (C=O) groups is 3. The Morgan fingerprint density at radius 1 is 1.13 bits per heavy atom. The zero-order chi connectivity index (χ0) is 28.0. The third kappa shape index (κ3) is 7.29. The van der Waals surface area contributed by atoms with E-state index in [1.165, 1.54) is 24.3 Å². The second-order valence-electron chi connectivity index (χ2n) is 10.1. The number of hydrogen-bond acceptors (Lipinski definition) is 6. The van der Waals surface area contributed by atoms with Gasteiger partial charge in [-0.1, -0.05) is 6.92 Å². The maximum atomic E-state index is 13.5. The molecule has 0 spiro atoms. The number of ether oxygens (including phenoxy) is 2. The molecule has 1 N–H and O–H groups in total. The van der Waals surface area contributed by atoms with Crippen molar-refractivity contribution >= 4 is 23.4 Å². The maximum Gasteiger partial charge on any atom is 0.257 e. The smallest absolute Gasteiger partial charge is 0.257 e. The Labute approximate surface area is 223 Å². The predicted molar refractivity (Wildman–Crippen MR) is 143 cm³/mol. The standard InChI is InChI=1S/C28H37FN4O5/c1-18-14-33(26(34)16-31(3)4)19(2)17-38-24-12-11-22(30-27(35)20-7-9-21(29)10-8-20)13-23(24)28(36)32(5)15-25(18)37-6/h7-13,18-19,25H,14-17H2,1-6H3,(H,30,35)/t18-,19+,25-/m0/s1. The van der Waals surface area contributed by atoms with Gasteiger partial charge in [-0.05, 0) is 63.5 Å². The average Bonchev–Trinajstić information content (AvgIpc) is 2.87. The van der Waals surface area contributed by atoms with Crippen LogP contribution in [-0.4, -0.2) is 99.1 Å². The molecule has 1 heterocycles. The van der Waals surface area contributed by atoms with E-state index in [2.05, 4.69) is 5.32 Å². The number of nitrogens with zero attached hydrogens (tertiary/aromatic N) is 3. The lowest BCUT2D eigenvalue weighted by molar-refractivity contribution is -0.136. The van der Waals surface area contributed by atoms with Gasteiger partial charge in [-0.25, -0.2) is 4.39 Å². The van der Waals surface area contributed by atoms with E-state index in [-0.39, 0.29) is 54.2 Å². The molecular weight excluding hydrogens is 491 g/mol. The van der Waals surface area contributed by atoms with Crippen LogP contribution in [0.1, 0.15) is 34.6 Å². The first-order valence-electron chi connectivity index (χ1n) is 12.6. The van der Waals surface area contributed by atoms with Crippen molar-refractivity contribution in [3.05, 3.63) is 59.4 Å². The molecule has 3 rings (SSSR count). The molecule has 0 fully saturated rings. The minimum atomic E-state index is -0.438. The van der Waals surface area contributed by atoms with Gasteiger partial charge in [0.1, 0.15) is 18.2 Å². The fourth-order valence-corrected chi connectivity index (χ4v) is 4.37. The molecule has 3 amide bonds. The van der Waals surface area contributed by atoms with Crippen LogP contribution in [0, 0.1) is 11.7 Å². The van der Waals surface area contributed by atoms with Gasteiger partial charge in [0.2, 0.25) is 5.91 Å². The predicted octanol–water partition coefficient (Wildman–Crippen LogP) is 2.97. The summed E-state index contributed by atoms with van der Waals surface area (Å²) in [6.07, 6.45) is -0.309. The van der Waals surface area contributed by atoms with Gasteiger partial charge in [-0.2, -0.15) is 0 Å². The van der Waals surface area contributed by atoms with Gasteiger partial charge in [0.25, 0.3) is 11.8 Å². The van der Waals surface area contributed by atoms with E-state index in [4.69, 9.17) is 9.47 Å². The molecule has 0 aliphatic carbocycles. The van der Waals surface area contributed by atoms with Crippen LogP contribution in [0.3, 0.4) is 0 Å². The van der Waals surface area contributed by atoms with E-state index in [1.807, 2.05) is 32.8 Å². The Hall–Kier alpha value is -3.50. The number of rotatable bonds is 5. The number of methoxy groups -OCH3 is 1. The average molecular weight is 529 g/mol. The summed E-state index contributed by atoms with van der Waals surface area (Å²) in [6, 6.07) is 9.75. The first-order chi connectivity index (χ1) is 18.0. The largest absolute Gasteiger partial charge is 0.491 e. The van der Waals surface area contributed by atoms with E-state index in [0.29, 0.717) is 24.5 Å². The zero-order valence-corrected chi connectivity index (χ0v) is 22.9. The third-order valence-electron chi connectivity index (χ3n) is 6.58. The lowest BCUT2D eigenvalue weighted by atomic mass is 10.0. The summed E-state index contributed by atoms with van der Waals surface area (Å²) < 4.78 is 25.1. The van der Waals surface area contributed by atoms with Crippen LogP contribution in [0.15, 0.2) is 42.5 Å². The van der Waals surface area contributed by atoms with Gasteiger partial charge in [0, 0.05) is 44.4 Å². The van der Waals surface area contributed by atoms with Crippen molar-refractivity contribution in [2.24, 2.45) is 5.92 Å². The highest BCUT2D eigenvalue weighted by Crippen LogP contribution is 2.27. The Kier molecular flexibility index (Phi) is 9.82. The molecule has 0 unspecified atom stereocenters. The van der Waals surface area contributed by atoms with Crippen molar-refractivity contribution in [3.8, 4) is 5.75 Å². The second kappa shape index (κ2) is 12.8. The molecule has 10 heteroatoms. The number of likely N-dealkylation sites (N-methyl/N-ethyl adjacent to an activating group) is 2. The van der Waals surface area contributed by atoms with Crippen LogP contribution in [0.4, 0.5) is 10.1 Å². The van der Waals surface area contributed by atoms with Crippen LogP contribution >= 0.6 is 0 Å². The van der Waals surface area contributed by atoms with Crippen molar-refractivity contribution in [3.63, 3.8) is 0 Å². The van der Waals surface area contributed by atoms with E-state index in [9.17, 15) is 18.8 Å². The van der Waals surface area contributed by atoms with E-state index >= 15 is 0 Å². The molecule has 3 atom stereocenters. The zero-order valence-electron chi connectivity index (χ0n) is 22.9. The number of amides is 3. The van der Waals surface area contributed by atoms with Crippen LogP contribution < -0.4 is 10.1 Å². The summed E-state index contributed by atoms with van der Waals surface area (Å²) in [5.41, 5.74) is 0.945. The van der Waals surface area contributed by atoms with Crippen molar-refractivity contribution < 1.29 is 28.2 Å². The molecule has 0 bridgehead atoms. The molecule has 9 nitrogen and oxygen atoms in total. The number of halogens is 1. The fourth-order valence-electron chi connectivity index (χ4n) is 4.37. The number of fused-ring (bicyclic) bond motifs is 1. The minimum absolute atomic E-state index is 0.0200. The van der Waals surface area contributed by atoms with E-state index < -0.39 is 11.7 Å². The highest BCUT2D eigenvalue weighted by molar-refractivity contribution is 6.05. The second-order valence-corrected chi connectivity index (χ2v) is 10.1. The molecule has 0 saturated heterocycles. The summed E-state index contributed by atoms with van der Waals surface area (Å²) in [5, 5.41) is 2.76. The van der Waals surface area contributed by atoms with Crippen molar-refractivity contribution in [2.75, 3.05) is 59.8 Å². The fraction of sp³-hybridized carbons (Fsp3) is 0.464. The summed E-state index contributed by atoms with van der Waals surface area (Å²) in [7, 11) is 6.97. The Morgan fingerprint density at radius 2 is 1.82 bits per heavy atom. The highest BCUT2D eigenvalue weighted by atomic mass is 19.1. The number of nitrogens with one attached hydrogen (secondary N) is 1. The molecule has 0 aromatic heterocycles. The number of carbonyl (C=O) groups excluding carboxylic acids is 3. The third-order valence-corrected chi connectivity index (χ3v) is 6.58. The summed E-state index contributed by atoms with van der Waals surface area (Å²) in [4.78, 5) is 44.4. The number of benzene rings is 2. The topological polar surface area (TPSA) is 91.4 Å². The van der Waals surface area contributed by atoms with Crippen LogP contribution in [0.25, 0.3) is 0 Å². The molecule has 1 aliphatic rings. The van der Waals surface area contributed by atoms with Gasteiger partial charge in [-0.15, -0.1) is 0 Å². The number of hydrogen-bond donors (Lipinski definition) is 1. The van der Waals surface area contributed by atoms with Gasteiger partial charge in [0.15, 0.2) is 0 Å². The maximum absolute atomic E-state index is 13.5. The Morgan fingerprint density at radius 3 is 2.45 bits per heavy atom. The number of anilines is 1. The molecule has 2 aromatic carbocycles. The summed E-state index contributed by atoms with van der Waals surface area (Å²) in [6.45, 7) is 5.11. The lowest BCUT2D eigenvalue weighted by Crippen LogP contribution is -2.50. The van der Waals surface area contributed by atoms with E-state index in [1.54, 1.807) is 42.2 Å². The highest BCUT2D eigenvalue weighted by Gasteiger charge is 2.30. The quantitative estimate of drug-likeness (QED) is 0.642. The monoisotopic (exact) mass is 528 g/mol. The normalized spacial score (nSPS) is 20.7. The van der Waals surface area contributed by atoms with Crippen LogP contribution in [0.2, 0.25) is 0 Å². The van der Waals surface area contributed by atoms with Gasteiger partial charge < -0.3 is 29.5 Å². The molecule has 0 radical (unpaired) electrons. The van der Waals surface area contributed by atoms with Crippen molar-refractivity contribution in [2.45, 2.75) is 26.0 Å². The summed E-state index contributed by atoms with van der Waals surface area (Å²) in [5.74, 6) is -0.891. The molecular formula is C28H37FN4O5.